The van der Waals surface area contributed by atoms with Gasteiger partial charge in [0.25, 0.3) is 0 Å². The molecule has 0 spiro atoms. The van der Waals surface area contributed by atoms with E-state index in [0.29, 0.717) is 66.0 Å². The molecule has 3 saturated carbocycles. The van der Waals surface area contributed by atoms with Crippen LogP contribution in [0, 0.1) is 5.53 Å². The first-order valence-corrected chi connectivity index (χ1v) is 20.9. The number of nitrogens with one attached hydrogen (secondary N) is 1. The molecule has 0 radical (unpaired) electrons. The highest BCUT2D eigenvalue weighted by Crippen LogP contribution is 2.57. The Labute approximate surface area is 375 Å². The minimum Gasteiger partial charge on any atom is -0.508 e. The van der Waals surface area contributed by atoms with Gasteiger partial charge in [-0.2, -0.15) is 5.53 Å². The van der Waals surface area contributed by atoms with E-state index in [1.165, 1.54) is 0 Å². The molecule has 4 atom stereocenters. The van der Waals surface area contributed by atoms with Crippen molar-refractivity contribution < 1.29 is 34.2 Å². The summed E-state index contributed by atoms with van der Waals surface area (Å²) >= 11 is 25.7. The fourth-order valence-corrected chi connectivity index (χ4v) is 8.77. The van der Waals surface area contributed by atoms with E-state index in [9.17, 15) is 19.8 Å². The van der Waals surface area contributed by atoms with Gasteiger partial charge in [0, 0.05) is 21.5 Å². The summed E-state index contributed by atoms with van der Waals surface area (Å²) < 4.78 is 11.9. The van der Waals surface area contributed by atoms with Crippen molar-refractivity contribution in [3.05, 3.63) is 168 Å². The summed E-state index contributed by atoms with van der Waals surface area (Å²) in [6, 6.07) is 30.2. The van der Waals surface area contributed by atoms with Crippen LogP contribution < -0.4 is 10.6 Å². The Bertz CT molecular complexity index is 2650. The van der Waals surface area contributed by atoms with E-state index in [1.807, 2.05) is 36.4 Å². The number of nitrogens with zero attached hydrogens (tertiary/aromatic N) is 4. The zero-order chi connectivity index (χ0) is 44.1. The van der Waals surface area contributed by atoms with Crippen LogP contribution in [0.25, 0.3) is 11.3 Å². The van der Waals surface area contributed by atoms with E-state index in [1.54, 1.807) is 66.7 Å². The zero-order valence-electron chi connectivity index (χ0n) is 32.6. The number of hydrogen-bond acceptors (Lipinski definition) is 8. The number of phenolic OH excluding ortho intramolecular Hbond substituents is 1. The fourth-order valence-electron chi connectivity index (χ4n) is 7.56. The van der Waals surface area contributed by atoms with Crippen LogP contribution in [0.4, 0.5) is 0 Å². The van der Waals surface area contributed by atoms with Crippen LogP contribution in [0.3, 0.4) is 0 Å². The standard InChI is InChI=1S/C29H22Cl3NO4.C16H13ClO3.H3N5/c30-23-5-2-6-24(31)26(23)27-22(28(37-33-27)15-7-8-15)14-36-18-9-10-19(25(32)12-18)21-13-20(21)16-3-1-4-17(11-16)29(34)35;17-15-7-11(18)4-5-12(15)14-8-13(14)9-2-1-3-10(6-9)16(19)20;1-3-5-4-2/h1-6,9-12,15,20-21H,7-8,13-14H2,(H,34,35);1-7,13-14,18H,8H2,(H,19,20);(H3,1,2,5)/t20-,21-;13-,14-;/m11./s1. The number of carboxylic acids is 2. The molecule has 6 aromatic rings. The van der Waals surface area contributed by atoms with E-state index in [0.717, 1.165) is 59.3 Å². The largest absolute Gasteiger partial charge is 0.508 e. The Hall–Kier alpha value is -5.99. The van der Waals surface area contributed by atoms with E-state index >= 15 is 0 Å². The second-order valence-corrected chi connectivity index (χ2v) is 16.6. The maximum atomic E-state index is 11.3. The van der Waals surface area contributed by atoms with Crippen LogP contribution in [0.5, 0.6) is 11.5 Å². The Balaban J connectivity index is 0.000000193. The van der Waals surface area contributed by atoms with Crippen LogP contribution in [0.1, 0.15) is 110 Å². The average molecular weight is 917 g/mol. The summed E-state index contributed by atoms with van der Waals surface area (Å²) in [5, 5.41) is 41.9. The van der Waals surface area contributed by atoms with Crippen molar-refractivity contribution >= 4 is 58.3 Å². The highest BCUT2D eigenvalue weighted by molar-refractivity contribution is 6.39. The van der Waals surface area contributed by atoms with E-state index in [2.05, 4.69) is 26.7 Å². The Morgan fingerprint density at radius 1 is 0.742 bits per heavy atom. The van der Waals surface area contributed by atoms with Crippen LogP contribution >= 0.6 is 46.4 Å². The predicted octanol–water partition coefficient (Wildman–Crippen LogP) is 13.0. The second kappa shape index (κ2) is 19.4. The number of benzene rings is 5. The minimum absolute atomic E-state index is 0.156. The third-order valence-corrected chi connectivity index (χ3v) is 12.2. The third-order valence-electron chi connectivity index (χ3n) is 10.9. The molecule has 13 nitrogen and oxygen atoms in total. The number of aromatic carboxylic acids is 2. The summed E-state index contributed by atoms with van der Waals surface area (Å²) in [5.74, 6) is 5.60. The zero-order valence-corrected chi connectivity index (χ0v) is 35.6. The number of carbonyl (C=O) groups is 2. The molecule has 6 N–H and O–H groups in total. The van der Waals surface area contributed by atoms with Crippen molar-refractivity contribution in [3.63, 3.8) is 0 Å². The van der Waals surface area contributed by atoms with Crippen molar-refractivity contribution in [1.82, 2.24) is 5.16 Å². The molecule has 3 aliphatic carbocycles. The average Bonchev–Trinajstić information content (AvgIpc) is 4.16. The maximum absolute atomic E-state index is 11.3. The Morgan fingerprint density at radius 2 is 1.29 bits per heavy atom. The first kappa shape index (κ1) is 44.1. The van der Waals surface area contributed by atoms with E-state index < -0.39 is 11.9 Å². The first-order valence-electron chi connectivity index (χ1n) is 19.3. The van der Waals surface area contributed by atoms with Gasteiger partial charge in [-0.1, -0.05) is 99.2 Å². The molecule has 0 saturated heterocycles. The summed E-state index contributed by atoms with van der Waals surface area (Å²) in [7, 11) is 0. The summed E-state index contributed by atoms with van der Waals surface area (Å²) in [4.78, 5) is 22.3. The van der Waals surface area contributed by atoms with Crippen LogP contribution in [-0.2, 0) is 6.61 Å². The molecular formula is C45H38Cl4N6O7. The smallest absolute Gasteiger partial charge is 0.335 e. The lowest BCUT2D eigenvalue weighted by Crippen LogP contribution is -2.00. The predicted molar refractivity (Wildman–Crippen MR) is 234 cm³/mol. The van der Waals surface area contributed by atoms with Gasteiger partial charge in [0.2, 0.25) is 0 Å². The van der Waals surface area contributed by atoms with E-state index in [-0.39, 0.29) is 24.2 Å². The van der Waals surface area contributed by atoms with Gasteiger partial charge < -0.3 is 30.4 Å². The van der Waals surface area contributed by atoms with Crippen molar-refractivity contribution in [2.24, 2.45) is 21.5 Å². The topological polar surface area (TPSA) is 217 Å². The van der Waals surface area contributed by atoms with Gasteiger partial charge >= 0.3 is 11.9 Å². The fraction of sp³-hybridized carbons (Fsp3) is 0.222. The number of phenols is 1. The second-order valence-electron chi connectivity index (χ2n) is 15.0. The van der Waals surface area contributed by atoms with Crippen LogP contribution in [0.15, 0.2) is 123 Å². The lowest BCUT2D eigenvalue weighted by Gasteiger charge is -2.11. The molecule has 318 valence electrons. The van der Waals surface area contributed by atoms with Crippen LogP contribution in [0.2, 0.25) is 20.1 Å². The van der Waals surface area contributed by atoms with Gasteiger partial charge in [-0.25, -0.2) is 9.59 Å². The summed E-state index contributed by atoms with van der Waals surface area (Å²) in [5.41, 5.74) is 12.7. The van der Waals surface area contributed by atoms with Gasteiger partial charge in [0.15, 0.2) is 0 Å². The number of carboxylic acid groups (broad SMARTS) is 2. The van der Waals surface area contributed by atoms with Crippen molar-refractivity contribution in [2.75, 3.05) is 0 Å². The molecule has 0 bridgehead atoms. The molecule has 0 unspecified atom stereocenters. The van der Waals surface area contributed by atoms with Gasteiger partial charge in [-0.3, -0.25) is 0 Å². The number of hydrogen-bond donors (Lipinski definition) is 5. The van der Waals surface area contributed by atoms with Crippen LogP contribution in [-0.4, -0.2) is 32.4 Å². The highest BCUT2D eigenvalue weighted by Gasteiger charge is 2.42. The normalized spacial score (nSPS) is 18.5. The molecule has 62 heavy (non-hydrogen) atoms. The molecule has 0 aliphatic heterocycles. The molecule has 3 aliphatic rings. The maximum Gasteiger partial charge on any atom is 0.335 e. The summed E-state index contributed by atoms with van der Waals surface area (Å²) in [6.07, 6.45) is 3.98. The van der Waals surface area contributed by atoms with Gasteiger partial charge in [0.1, 0.15) is 29.6 Å². The molecular weight excluding hydrogens is 878 g/mol. The van der Waals surface area contributed by atoms with Crippen molar-refractivity contribution in [1.29, 1.82) is 5.53 Å². The van der Waals surface area contributed by atoms with E-state index in [4.69, 9.17) is 66.3 Å². The molecule has 3 fully saturated rings. The summed E-state index contributed by atoms with van der Waals surface area (Å²) in [6.45, 7) is 0.246. The molecule has 0 amide bonds. The number of aromatic nitrogens is 1. The molecule has 9 rings (SSSR count). The molecule has 1 aromatic heterocycles. The number of halogens is 4. The number of ether oxygens (including phenoxy) is 1. The monoisotopic (exact) mass is 914 g/mol. The number of nitrogens with two attached hydrogens (primary N) is 1. The highest BCUT2D eigenvalue weighted by atomic mass is 35.5. The van der Waals surface area contributed by atoms with Crippen molar-refractivity contribution in [3.8, 4) is 22.8 Å². The minimum atomic E-state index is -0.920. The molecule has 5 aromatic carbocycles. The van der Waals surface area contributed by atoms with Gasteiger partial charge in [-0.05, 0) is 143 Å². The quantitative estimate of drug-likeness (QED) is 0.0447. The molecule has 1 heterocycles. The first-order chi connectivity index (χ1) is 29.9. The Kier molecular flexibility index (Phi) is 13.8. The van der Waals surface area contributed by atoms with Gasteiger partial charge in [0.05, 0.1) is 26.7 Å². The SMILES string of the molecule is N=N/N=N/N.O=C(O)c1cccc([C@H]2C[C@@H]2c2ccc(O)cc2Cl)c1.O=C(O)c1cccc([C@H]2C[C@@H]2c2ccc(OCc3c(-c4c(Cl)cccc4Cl)noc3C3CC3)cc2Cl)c1. The molecule has 17 heteroatoms. The lowest BCUT2D eigenvalue weighted by atomic mass is 10.0. The number of aromatic hydroxyl groups is 1. The van der Waals surface area contributed by atoms with Crippen molar-refractivity contribution in [2.45, 2.75) is 61.9 Å². The van der Waals surface area contributed by atoms with Gasteiger partial charge in [-0.15, -0.1) is 0 Å². The third kappa shape index (κ3) is 10.4. The number of rotatable bonds is 12. The lowest BCUT2D eigenvalue weighted by molar-refractivity contribution is 0.0686. The Morgan fingerprint density at radius 3 is 1.77 bits per heavy atom.